The molecule has 1 fully saturated rings. The van der Waals surface area contributed by atoms with E-state index in [-0.39, 0.29) is 12.0 Å². The second kappa shape index (κ2) is 8.97. The van der Waals surface area contributed by atoms with Gasteiger partial charge in [-0.15, -0.1) is 0 Å². The summed E-state index contributed by atoms with van der Waals surface area (Å²) in [6.45, 7) is 4.47. The Kier molecular flexibility index (Phi) is 5.90. The van der Waals surface area contributed by atoms with Crippen molar-refractivity contribution in [2.75, 3.05) is 47.1 Å². The van der Waals surface area contributed by atoms with E-state index in [1.54, 1.807) is 10.9 Å². The van der Waals surface area contributed by atoms with E-state index in [0.717, 1.165) is 48.6 Å². The number of rotatable bonds is 5. The monoisotopic (exact) mass is 442 g/mol. The highest BCUT2D eigenvalue weighted by atomic mass is 19.1. The first-order valence-electron chi connectivity index (χ1n) is 10.8. The van der Waals surface area contributed by atoms with Crippen molar-refractivity contribution < 1.29 is 18.6 Å². The molecule has 0 saturated carbocycles. The standard InChI is InChI=1S/C22H27FN6O3/c1-27-5-8-32-17(13-27)14-28-12-15(10-25-28)21-18-3-6-31-7-4-20(18)29(26-21)16-9-19(23)22(30-2)24-11-16/h9-12,17H,3-8,13-14H2,1-2H3. The molecule has 0 aromatic carbocycles. The molecule has 0 N–H and O–H groups in total. The molecular formula is C22H27FN6O3. The maximum absolute atomic E-state index is 14.3. The Labute approximate surface area is 185 Å². The molecule has 0 amide bonds. The summed E-state index contributed by atoms with van der Waals surface area (Å²) in [5.41, 5.74) is 4.43. The van der Waals surface area contributed by atoms with Crippen LogP contribution in [0.25, 0.3) is 16.9 Å². The minimum Gasteiger partial charge on any atom is -0.479 e. The molecule has 10 heteroatoms. The molecule has 2 aliphatic rings. The molecule has 32 heavy (non-hydrogen) atoms. The number of methoxy groups -OCH3 is 1. The fourth-order valence-electron chi connectivity index (χ4n) is 4.35. The van der Waals surface area contributed by atoms with Crippen LogP contribution in [0.3, 0.4) is 0 Å². The Balaban J connectivity index is 1.48. The largest absolute Gasteiger partial charge is 0.479 e. The number of aromatic nitrogens is 5. The zero-order chi connectivity index (χ0) is 22.1. The van der Waals surface area contributed by atoms with Gasteiger partial charge in [0.1, 0.15) is 0 Å². The molecule has 5 rings (SSSR count). The third-order valence-electron chi connectivity index (χ3n) is 5.94. The lowest BCUT2D eigenvalue weighted by atomic mass is 10.1. The summed E-state index contributed by atoms with van der Waals surface area (Å²) in [6, 6.07) is 1.40. The van der Waals surface area contributed by atoms with Gasteiger partial charge in [-0.25, -0.2) is 14.1 Å². The summed E-state index contributed by atoms with van der Waals surface area (Å²) in [6.07, 6.45) is 6.94. The van der Waals surface area contributed by atoms with Gasteiger partial charge in [-0.1, -0.05) is 0 Å². The number of nitrogens with zero attached hydrogens (tertiary/aromatic N) is 6. The lowest BCUT2D eigenvalue weighted by molar-refractivity contribution is -0.0290. The highest BCUT2D eigenvalue weighted by Crippen LogP contribution is 2.30. The number of ether oxygens (including phenoxy) is 3. The molecule has 0 aliphatic carbocycles. The van der Waals surface area contributed by atoms with Gasteiger partial charge in [-0.05, 0) is 13.5 Å². The molecular weight excluding hydrogens is 415 g/mol. The molecule has 0 radical (unpaired) electrons. The van der Waals surface area contributed by atoms with Crippen molar-refractivity contribution in [2.24, 2.45) is 0 Å². The Morgan fingerprint density at radius 2 is 2.09 bits per heavy atom. The van der Waals surface area contributed by atoms with Crippen molar-refractivity contribution in [3.05, 3.63) is 41.7 Å². The SMILES string of the molecule is COc1ncc(-n2nc(-c3cnn(CC4CN(C)CCO4)c3)c3c2CCOCC3)cc1F. The molecule has 1 atom stereocenters. The topological polar surface area (TPSA) is 79.5 Å². The Bertz CT molecular complexity index is 1100. The van der Waals surface area contributed by atoms with E-state index in [1.165, 1.54) is 13.2 Å². The minimum absolute atomic E-state index is 0.0348. The molecule has 0 bridgehead atoms. The molecule has 1 saturated heterocycles. The number of likely N-dealkylation sites (N-methyl/N-ethyl adjacent to an activating group) is 1. The van der Waals surface area contributed by atoms with E-state index in [4.69, 9.17) is 19.3 Å². The number of hydrogen-bond acceptors (Lipinski definition) is 7. The molecule has 170 valence electrons. The third-order valence-corrected chi connectivity index (χ3v) is 5.94. The van der Waals surface area contributed by atoms with Crippen molar-refractivity contribution in [3.63, 3.8) is 0 Å². The van der Waals surface area contributed by atoms with Crippen LogP contribution in [-0.2, 0) is 28.9 Å². The van der Waals surface area contributed by atoms with Gasteiger partial charge in [0.15, 0.2) is 5.82 Å². The van der Waals surface area contributed by atoms with Gasteiger partial charge in [0.05, 0.1) is 69.0 Å². The van der Waals surface area contributed by atoms with Crippen LogP contribution in [0.2, 0.25) is 0 Å². The summed E-state index contributed by atoms with van der Waals surface area (Å²) >= 11 is 0. The van der Waals surface area contributed by atoms with Gasteiger partial charge in [-0.2, -0.15) is 10.2 Å². The fourth-order valence-corrected chi connectivity index (χ4v) is 4.35. The fraction of sp³-hybridized carbons (Fsp3) is 0.500. The van der Waals surface area contributed by atoms with Crippen LogP contribution in [0, 0.1) is 5.82 Å². The Morgan fingerprint density at radius 3 is 2.91 bits per heavy atom. The first-order chi connectivity index (χ1) is 15.6. The molecule has 2 aliphatic heterocycles. The van der Waals surface area contributed by atoms with Crippen molar-refractivity contribution in [1.29, 1.82) is 0 Å². The molecule has 3 aromatic rings. The van der Waals surface area contributed by atoms with Crippen molar-refractivity contribution in [2.45, 2.75) is 25.5 Å². The van der Waals surface area contributed by atoms with E-state index < -0.39 is 5.82 Å². The van der Waals surface area contributed by atoms with Crippen molar-refractivity contribution in [1.82, 2.24) is 29.4 Å². The van der Waals surface area contributed by atoms with Gasteiger partial charge in [0.2, 0.25) is 5.88 Å². The van der Waals surface area contributed by atoms with E-state index in [2.05, 4.69) is 22.0 Å². The zero-order valence-corrected chi connectivity index (χ0v) is 18.3. The van der Waals surface area contributed by atoms with Crippen LogP contribution < -0.4 is 4.74 Å². The van der Waals surface area contributed by atoms with Gasteiger partial charge < -0.3 is 19.1 Å². The summed E-state index contributed by atoms with van der Waals surface area (Å²) in [5.74, 6) is -0.557. The summed E-state index contributed by atoms with van der Waals surface area (Å²) in [7, 11) is 3.50. The Morgan fingerprint density at radius 1 is 1.22 bits per heavy atom. The highest BCUT2D eigenvalue weighted by molar-refractivity contribution is 5.64. The predicted molar refractivity (Wildman–Crippen MR) is 115 cm³/mol. The average molecular weight is 442 g/mol. The second-order valence-corrected chi connectivity index (χ2v) is 8.19. The maximum Gasteiger partial charge on any atom is 0.250 e. The van der Waals surface area contributed by atoms with Gasteiger partial charge in [0, 0.05) is 42.9 Å². The molecule has 0 spiro atoms. The third kappa shape index (κ3) is 4.13. The average Bonchev–Trinajstić information content (AvgIpc) is 3.30. The van der Waals surface area contributed by atoms with Crippen LogP contribution >= 0.6 is 0 Å². The summed E-state index contributed by atoms with van der Waals surface area (Å²) in [5, 5.41) is 9.42. The van der Waals surface area contributed by atoms with E-state index >= 15 is 0 Å². The maximum atomic E-state index is 14.3. The molecule has 3 aromatic heterocycles. The quantitative estimate of drug-likeness (QED) is 0.595. The van der Waals surface area contributed by atoms with Gasteiger partial charge >= 0.3 is 0 Å². The smallest absolute Gasteiger partial charge is 0.250 e. The molecule has 5 heterocycles. The lowest BCUT2D eigenvalue weighted by Gasteiger charge is -2.29. The second-order valence-electron chi connectivity index (χ2n) is 8.19. The highest BCUT2D eigenvalue weighted by Gasteiger charge is 2.24. The first kappa shape index (κ1) is 21.0. The number of fused-ring (bicyclic) bond motifs is 1. The molecule has 1 unspecified atom stereocenters. The van der Waals surface area contributed by atoms with E-state index in [0.29, 0.717) is 31.9 Å². The van der Waals surface area contributed by atoms with E-state index in [1.807, 2.05) is 17.1 Å². The van der Waals surface area contributed by atoms with Gasteiger partial charge in [0.25, 0.3) is 0 Å². The van der Waals surface area contributed by atoms with Crippen molar-refractivity contribution >= 4 is 0 Å². The Hall–Kier alpha value is -2.82. The number of hydrogen-bond donors (Lipinski definition) is 0. The minimum atomic E-state index is -0.522. The lowest BCUT2D eigenvalue weighted by Crippen LogP contribution is -2.42. The summed E-state index contributed by atoms with van der Waals surface area (Å²) < 4.78 is 34.6. The zero-order valence-electron chi connectivity index (χ0n) is 18.3. The van der Waals surface area contributed by atoms with Gasteiger partial charge in [-0.3, -0.25) is 4.68 Å². The number of halogens is 1. The van der Waals surface area contributed by atoms with Crippen LogP contribution in [0.1, 0.15) is 11.3 Å². The predicted octanol–water partition coefficient (Wildman–Crippen LogP) is 1.72. The normalized spacial score (nSPS) is 19.5. The first-order valence-corrected chi connectivity index (χ1v) is 10.8. The van der Waals surface area contributed by atoms with Crippen LogP contribution in [-0.4, -0.2) is 82.6 Å². The molecule has 9 nitrogen and oxygen atoms in total. The van der Waals surface area contributed by atoms with Crippen molar-refractivity contribution in [3.8, 4) is 22.8 Å². The van der Waals surface area contributed by atoms with Crippen LogP contribution in [0.5, 0.6) is 5.88 Å². The van der Waals surface area contributed by atoms with E-state index in [9.17, 15) is 4.39 Å². The summed E-state index contributed by atoms with van der Waals surface area (Å²) in [4.78, 5) is 6.35. The van der Waals surface area contributed by atoms with Crippen LogP contribution in [0.4, 0.5) is 4.39 Å². The number of morpholine rings is 1. The van der Waals surface area contributed by atoms with Crippen LogP contribution in [0.15, 0.2) is 24.7 Å². The number of pyridine rings is 1.